The summed E-state index contributed by atoms with van der Waals surface area (Å²) in [5, 5.41) is 11.3. The lowest BCUT2D eigenvalue weighted by atomic mass is 10.2. The van der Waals surface area contributed by atoms with Gasteiger partial charge >= 0.3 is 6.18 Å². The predicted molar refractivity (Wildman–Crippen MR) is 122 cm³/mol. The molecule has 0 aliphatic carbocycles. The predicted octanol–water partition coefficient (Wildman–Crippen LogP) is 6.23. The molecule has 11 heteroatoms. The molecule has 1 amide bonds. The van der Waals surface area contributed by atoms with Crippen molar-refractivity contribution in [2.24, 2.45) is 0 Å². The Bertz CT molecular complexity index is 1120. The van der Waals surface area contributed by atoms with Gasteiger partial charge in [-0.05, 0) is 51.1 Å². The number of anilines is 1. The number of aromatic nitrogens is 3. The second-order valence-corrected chi connectivity index (χ2v) is 8.82. The van der Waals surface area contributed by atoms with Crippen LogP contribution in [0.2, 0.25) is 5.02 Å². The minimum absolute atomic E-state index is 0.0710. The van der Waals surface area contributed by atoms with Gasteiger partial charge in [0.2, 0.25) is 5.91 Å². The average Bonchev–Trinajstić information content (AvgIpc) is 3.17. The van der Waals surface area contributed by atoms with Crippen molar-refractivity contribution in [1.82, 2.24) is 14.8 Å². The van der Waals surface area contributed by atoms with E-state index in [0.29, 0.717) is 28.3 Å². The molecule has 0 saturated carbocycles. The second-order valence-electron chi connectivity index (χ2n) is 7.10. The average molecular weight is 499 g/mol. The third kappa shape index (κ3) is 6.20. The summed E-state index contributed by atoms with van der Waals surface area (Å²) in [5.41, 5.74) is -0.759. The number of alkyl halides is 3. The number of carbonyl (C=O) groups excluding carboxylic acids is 1. The molecule has 0 bridgehead atoms. The van der Waals surface area contributed by atoms with E-state index in [4.69, 9.17) is 16.3 Å². The van der Waals surface area contributed by atoms with E-state index in [1.807, 2.05) is 24.5 Å². The number of amides is 1. The molecule has 0 radical (unpaired) electrons. The quantitative estimate of drug-likeness (QED) is 0.373. The molecule has 2 aromatic carbocycles. The van der Waals surface area contributed by atoms with Crippen LogP contribution in [0.3, 0.4) is 0 Å². The first-order valence-electron chi connectivity index (χ1n) is 10.1. The second kappa shape index (κ2) is 10.5. The number of thioether (sulfide) groups is 1. The Hall–Kier alpha value is -2.72. The molecule has 0 aliphatic rings. The Labute approximate surface area is 198 Å². The summed E-state index contributed by atoms with van der Waals surface area (Å²) in [7, 11) is 0. The van der Waals surface area contributed by atoms with Crippen molar-refractivity contribution in [2.75, 3.05) is 5.32 Å². The zero-order valence-electron chi connectivity index (χ0n) is 18.1. The lowest BCUT2D eigenvalue weighted by molar-refractivity contribution is -0.137. The first-order valence-corrected chi connectivity index (χ1v) is 11.3. The Kier molecular flexibility index (Phi) is 7.91. The number of para-hydroxylation sites is 1. The molecule has 33 heavy (non-hydrogen) atoms. The number of halogens is 4. The lowest BCUT2D eigenvalue weighted by Gasteiger charge is -2.17. The van der Waals surface area contributed by atoms with Crippen LogP contribution in [-0.4, -0.2) is 25.9 Å². The molecule has 1 heterocycles. The van der Waals surface area contributed by atoms with Gasteiger partial charge in [0.05, 0.1) is 15.8 Å². The van der Waals surface area contributed by atoms with Crippen LogP contribution in [0.4, 0.5) is 18.9 Å². The van der Waals surface area contributed by atoms with Gasteiger partial charge in [0.15, 0.2) is 17.1 Å². The van der Waals surface area contributed by atoms with Gasteiger partial charge < -0.3 is 14.6 Å². The largest absolute Gasteiger partial charge is 0.481 e. The molecule has 0 fully saturated rings. The van der Waals surface area contributed by atoms with Crippen LogP contribution in [0, 0.1) is 0 Å². The maximum absolute atomic E-state index is 12.9. The standard InChI is InChI=1S/C22H22ClF3N4O2S/c1-4-30-19(13(2)32-18-11-6-5-10-17(18)23)28-29-21(30)33-14(3)20(31)27-16-9-7-8-15(12-16)22(24,25)26/h5-14H,4H2,1-3H3,(H,27,31). The molecule has 3 rings (SSSR count). The number of nitrogens with one attached hydrogen (secondary N) is 1. The van der Waals surface area contributed by atoms with Crippen LogP contribution in [0.25, 0.3) is 0 Å². The van der Waals surface area contributed by atoms with E-state index in [0.717, 1.165) is 23.9 Å². The molecule has 0 spiro atoms. The summed E-state index contributed by atoms with van der Waals surface area (Å²) < 4.78 is 46.5. The summed E-state index contributed by atoms with van der Waals surface area (Å²) in [6.45, 7) is 5.90. The number of carbonyl (C=O) groups is 1. The highest BCUT2D eigenvalue weighted by Gasteiger charge is 2.30. The Morgan fingerprint density at radius 1 is 1.18 bits per heavy atom. The number of hydrogen-bond donors (Lipinski definition) is 1. The summed E-state index contributed by atoms with van der Waals surface area (Å²) in [6.07, 6.45) is -4.95. The van der Waals surface area contributed by atoms with E-state index >= 15 is 0 Å². The fourth-order valence-corrected chi connectivity index (χ4v) is 4.10. The fourth-order valence-electron chi connectivity index (χ4n) is 3.00. The van der Waals surface area contributed by atoms with Gasteiger partial charge in [-0.2, -0.15) is 13.2 Å². The molecule has 1 aromatic heterocycles. The van der Waals surface area contributed by atoms with Gasteiger partial charge in [0.25, 0.3) is 0 Å². The van der Waals surface area contributed by atoms with Gasteiger partial charge in [-0.3, -0.25) is 4.79 Å². The Balaban J connectivity index is 1.70. The molecule has 0 aliphatic heterocycles. The number of ether oxygens (including phenoxy) is 1. The lowest BCUT2D eigenvalue weighted by Crippen LogP contribution is -2.23. The van der Waals surface area contributed by atoms with Crippen molar-refractivity contribution in [3.63, 3.8) is 0 Å². The van der Waals surface area contributed by atoms with E-state index in [9.17, 15) is 18.0 Å². The Morgan fingerprint density at radius 2 is 1.91 bits per heavy atom. The minimum Gasteiger partial charge on any atom is -0.481 e. The fraction of sp³-hybridized carbons (Fsp3) is 0.318. The minimum atomic E-state index is -4.49. The number of benzene rings is 2. The van der Waals surface area contributed by atoms with Crippen molar-refractivity contribution in [3.8, 4) is 5.75 Å². The van der Waals surface area contributed by atoms with Crippen LogP contribution in [0.5, 0.6) is 5.75 Å². The number of rotatable bonds is 8. The maximum Gasteiger partial charge on any atom is 0.416 e. The zero-order valence-corrected chi connectivity index (χ0v) is 19.6. The summed E-state index contributed by atoms with van der Waals surface area (Å²) >= 11 is 7.31. The van der Waals surface area contributed by atoms with Gasteiger partial charge in [-0.1, -0.05) is 41.6 Å². The SMILES string of the molecule is CCn1c(SC(C)C(=O)Nc2cccc(C(F)(F)F)c2)nnc1C(C)Oc1ccccc1Cl. The van der Waals surface area contributed by atoms with E-state index in [2.05, 4.69) is 15.5 Å². The molecular weight excluding hydrogens is 477 g/mol. The molecule has 6 nitrogen and oxygen atoms in total. The first kappa shape index (κ1) is 24.9. The highest BCUT2D eigenvalue weighted by Crippen LogP contribution is 2.32. The third-order valence-corrected chi connectivity index (χ3v) is 6.07. The van der Waals surface area contributed by atoms with E-state index in [1.54, 1.807) is 25.1 Å². The Morgan fingerprint density at radius 3 is 2.58 bits per heavy atom. The first-order chi connectivity index (χ1) is 15.6. The smallest absolute Gasteiger partial charge is 0.416 e. The topological polar surface area (TPSA) is 69.0 Å². The molecule has 2 unspecified atom stereocenters. The van der Waals surface area contributed by atoms with E-state index in [1.165, 1.54) is 12.1 Å². The van der Waals surface area contributed by atoms with Crippen molar-refractivity contribution in [3.05, 3.63) is 64.9 Å². The van der Waals surface area contributed by atoms with Crippen molar-refractivity contribution in [2.45, 2.75) is 50.0 Å². The van der Waals surface area contributed by atoms with Gasteiger partial charge in [0.1, 0.15) is 5.75 Å². The van der Waals surface area contributed by atoms with Gasteiger partial charge in [0, 0.05) is 12.2 Å². The molecule has 176 valence electrons. The van der Waals surface area contributed by atoms with Crippen LogP contribution >= 0.6 is 23.4 Å². The van der Waals surface area contributed by atoms with Crippen molar-refractivity contribution >= 4 is 35.0 Å². The summed E-state index contributed by atoms with van der Waals surface area (Å²) in [5.74, 6) is 0.623. The van der Waals surface area contributed by atoms with E-state index < -0.39 is 29.0 Å². The molecule has 1 N–H and O–H groups in total. The zero-order chi connectivity index (χ0) is 24.2. The van der Waals surface area contributed by atoms with Gasteiger partial charge in [-0.15, -0.1) is 10.2 Å². The summed E-state index contributed by atoms with van der Waals surface area (Å²) in [6, 6.07) is 11.6. The number of hydrogen-bond acceptors (Lipinski definition) is 5. The monoisotopic (exact) mass is 498 g/mol. The third-order valence-electron chi connectivity index (χ3n) is 4.67. The van der Waals surface area contributed by atoms with E-state index in [-0.39, 0.29) is 5.69 Å². The van der Waals surface area contributed by atoms with Crippen molar-refractivity contribution in [1.29, 1.82) is 0 Å². The molecule has 2 atom stereocenters. The van der Waals surface area contributed by atoms with Crippen molar-refractivity contribution < 1.29 is 22.7 Å². The molecule has 0 saturated heterocycles. The molecular formula is C22H22ClF3N4O2S. The maximum atomic E-state index is 12.9. The molecule has 3 aromatic rings. The van der Waals surface area contributed by atoms with Crippen LogP contribution in [0.15, 0.2) is 53.7 Å². The van der Waals surface area contributed by atoms with Crippen LogP contribution in [0.1, 0.15) is 38.3 Å². The highest BCUT2D eigenvalue weighted by atomic mass is 35.5. The summed E-state index contributed by atoms with van der Waals surface area (Å²) in [4.78, 5) is 12.6. The normalized spacial score (nSPS) is 13.4. The van der Waals surface area contributed by atoms with Crippen LogP contribution < -0.4 is 10.1 Å². The number of nitrogens with zero attached hydrogens (tertiary/aromatic N) is 3. The highest BCUT2D eigenvalue weighted by molar-refractivity contribution is 8.00. The van der Waals surface area contributed by atoms with Crippen LogP contribution in [-0.2, 0) is 17.5 Å². The van der Waals surface area contributed by atoms with Gasteiger partial charge in [-0.25, -0.2) is 0 Å².